The van der Waals surface area contributed by atoms with Crippen LogP contribution in [0.2, 0.25) is 0 Å². The molecule has 0 aromatic heterocycles. The average molecular weight is 358 g/mol. The largest absolute Gasteiger partial charge is 0.494 e. The van der Waals surface area contributed by atoms with Crippen LogP contribution in [-0.4, -0.2) is 32.1 Å². The van der Waals surface area contributed by atoms with E-state index in [0.717, 1.165) is 6.42 Å². The third-order valence-electron chi connectivity index (χ3n) is 4.01. The molecule has 2 aromatic carbocycles. The van der Waals surface area contributed by atoms with Gasteiger partial charge in [-0.2, -0.15) is 0 Å². The van der Waals surface area contributed by atoms with Crippen LogP contribution in [0.1, 0.15) is 12.8 Å². The number of methoxy groups -OCH3 is 1. The van der Waals surface area contributed by atoms with E-state index in [1.54, 1.807) is 23.1 Å². The number of ether oxygens (including phenoxy) is 2. The Balaban J connectivity index is 1.63. The molecule has 1 saturated heterocycles. The topological polar surface area (TPSA) is 67.9 Å². The fraction of sp³-hybridized carbons (Fsp3) is 0.263. The molecule has 6 nitrogen and oxygen atoms in total. The number of halogens is 1. The average Bonchev–Trinajstić information content (AvgIpc) is 3.07. The molecule has 0 unspecified atom stereocenters. The molecule has 0 saturated carbocycles. The van der Waals surface area contributed by atoms with E-state index in [2.05, 4.69) is 5.32 Å². The SMILES string of the molecule is COc1cc(NC(=O)COc2ccc(F)cc2)ccc1N1CCCC1=O. The number of hydrogen-bond donors (Lipinski definition) is 1. The lowest BCUT2D eigenvalue weighted by Gasteiger charge is -2.19. The maximum atomic E-state index is 12.8. The molecule has 1 aliphatic heterocycles. The zero-order chi connectivity index (χ0) is 18.5. The monoisotopic (exact) mass is 358 g/mol. The van der Waals surface area contributed by atoms with E-state index >= 15 is 0 Å². The van der Waals surface area contributed by atoms with Gasteiger partial charge in [-0.1, -0.05) is 0 Å². The third-order valence-corrected chi connectivity index (χ3v) is 4.01. The third kappa shape index (κ3) is 4.11. The van der Waals surface area contributed by atoms with E-state index in [1.807, 2.05) is 0 Å². The highest BCUT2D eigenvalue weighted by Gasteiger charge is 2.24. The molecule has 1 N–H and O–H groups in total. The van der Waals surface area contributed by atoms with Crippen LogP contribution in [0, 0.1) is 5.82 Å². The Morgan fingerprint density at radius 2 is 2.00 bits per heavy atom. The minimum atomic E-state index is -0.370. The summed E-state index contributed by atoms with van der Waals surface area (Å²) in [6, 6.07) is 10.5. The van der Waals surface area contributed by atoms with Gasteiger partial charge in [0.2, 0.25) is 5.91 Å². The van der Waals surface area contributed by atoms with Crippen molar-refractivity contribution in [3.63, 3.8) is 0 Å². The normalized spacial score (nSPS) is 13.6. The van der Waals surface area contributed by atoms with Crippen molar-refractivity contribution in [2.75, 3.05) is 30.5 Å². The standard InChI is InChI=1S/C19H19FN2O4/c1-25-17-11-14(6-9-16(17)22-10-2-3-19(22)24)21-18(23)12-26-15-7-4-13(20)5-8-15/h4-9,11H,2-3,10,12H2,1H3,(H,21,23). The fourth-order valence-electron chi connectivity index (χ4n) is 2.76. The number of nitrogens with one attached hydrogen (secondary N) is 1. The molecule has 1 aliphatic rings. The number of carbonyl (C=O) groups is 2. The minimum absolute atomic E-state index is 0.0628. The van der Waals surface area contributed by atoms with Crippen molar-refractivity contribution in [2.24, 2.45) is 0 Å². The molecular weight excluding hydrogens is 339 g/mol. The molecule has 0 aliphatic carbocycles. The van der Waals surface area contributed by atoms with Gasteiger partial charge in [-0.15, -0.1) is 0 Å². The number of benzene rings is 2. The summed E-state index contributed by atoms with van der Waals surface area (Å²) in [4.78, 5) is 25.6. The van der Waals surface area contributed by atoms with Crippen LogP contribution in [0.4, 0.5) is 15.8 Å². The quantitative estimate of drug-likeness (QED) is 0.862. The van der Waals surface area contributed by atoms with Gasteiger partial charge in [0.15, 0.2) is 6.61 Å². The highest BCUT2D eigenvalue weighted by molar-refractivity contribution is 5.98. The zero-order valence-corrected chi connectivity index (χ0v) is 14.3. The number of nitrogens with zero attached hydrogens (tertiary/aromatic N) is 1. The second-order valence-electron chi connectivity index (χ2n) is 5.83. The van der Waals surface area contributed by atoms with Gasteiger partial charge in [0.05, 0.1) is 12.8 Å². The van der Waals surface area contributed by atoms with Gasteiger partial charge in [0.1, 0.15) is 17.3 Å². The van der Waals surface area contributed by atoms with E-state index in [-0.39, 0.29) is 24.2 Å². The summed E-state index contributed by atoms with van der Waals surface area (Å²) in [6.45, 7) is 0.451. The fourth-order valence-corrected chi connectivity index (χ4v) is 2.76. The summed E-state index contributed by atoms with van der Waals surface area (Å²) in [5, 5.41) is 2.71. The molecule has 1 fully saturated rings. The molecule has 1 heterocycles. The van der Waals surface area contributed by atoms with Crippen molar-refractivity contribution in [3.05, 3.63) is 48.3 Å². The van der Waals surface area contributed by atoms with Crippen molar-refractivity contribution in [1.29, 1.82) is 0 Å². The summed E-state index contributed by atoms with van der Waals surface area (Å²) in [6.07, 6.45) is 1.35. The van der Waals surface area contributed by atoms with E-state index in [1.165, 1.54) is 31.4 Å². The Morgan fingerprint density at radius 1 is 1.23 bits per heavy atom. The smallest absolute Gasteiger partial charge is 0.262 e. The molecule has 3 rings (SSSR count). The Kier molecular flexibility index (Phi) is 5.36. The first-order chi connectivity index (χ1) is 12.6. The van der Waals surface area contributed by atoms with Crippen LogP contribution in [0.25, 0.3) is 0 Å². The van der Waals surface area contributed by atoms with Crippen LogP contribution in [0.3, 0.4) is 0 Å². The summed E-state index contributed by atoms with van der Waals surface area (Å²) in [5.41, 5.74) is 1.22. The van der Waals surface area contributed by atoms with E-state index in [0.29, 0.717) is 35.8 Å². The number of amides is 2. The van der Waals surface area contributed by atoms with Gasteiger partial charge in [-0.05, 0) is 42.8 Å². The molecule has 7 heteroatoms. The Morgan fingerprint density at radius 3 is 2.65 bits per heavy atom. The van der Waals surface area contributed by atoms with Gasteiger partial charge in [0.25, 0.3) is 5.91 Å². The van der Waals surface area contributed by atoms with Crippen LogP contribution >= 0.6 is 0 Å². The van der Waals surface area contributed by atoms with Gasteiger partial charge in [-0.25, -0.2) is 4.39 Å². The molecule has 2 amide bonds. The van der Waals surface area contributed by atoms with Crippen LogP contribution < -0.4 is 19.7 Å². The lowest BCUT2D eigenvalue weighted by molar-refractivity contribution is -0.118. The Bertz CT molecular complexity index is 808. The summed E-state index contributed by atoms with van der Waals surface area (Å²) < 4.78 is 23.5. The summed E-state index contributed by atoms with van der Waals surface area (Å²) in [7, 11) is 1.52. The maximum absolute atomic E-state index is 12.8. The van der Waals surface area contributed by atoms with Gasteiger partial charge in [-0.3, -0.25) is 9.59 Å². The lowest BCUT2D eigenvalue weighted by atomic mass is 10.2. The van der Waals surface area contributed by atoms with Crippen molar-refractivity contribution >= 4 is 23.2 Å². The van der Waals surface area contributed by atoms with Crippen LogP contribution in [0.5, 0.6) is 11.5 Å². The van der Waals surface area contributed by atoms with Gasteiger partial charge >= 0.3 is 0 Å². The summed E-state index contributed by atoms with van der Waals surface area (Å²) in [5.74, 6) is 0.249. The number of anilines is 2. The van der Waals surface area contributed by atoms with Crippen LogP contribution in [0.15, 0.2) is 42.5 Å². The van der Waals surface area contributed by atoms with Crippen molar-refractivity contribution in [1.82, 2.24) is 0 Å². The predicted molar refractivity (Wildman–Crippen MR) is 95.1 cm³/mol. The molecular formula is C19H19FN2O4. The highest BCUT2D eigenvalue weighted by atomic mass is 19.1. The lowest BCUT2D eigenvalue weighted by Crippen LogP contribution is -2.24. The first-order valence-corrected chi connectivity index (χ1v) is 8.23. The molecule has 26 heavy (non-hydrogen) atoms. The van der Waals surface area contributed by atoms with E-state index in [9.17, 15) is 14.0 Å². The number of carbonyl (C=O) groups excluding carboxylic acids is 2. The first-order valence-electron chi connectivity index (χ1n) is 8.23. The van der Waals surface area contributed by atoms with Gasteiger partial charge < -0.3 is 19.7 Å². The van der Waals surface area contributed by atoms with E-state index < -0.39 is 0 Å². The van der Waals surface area contributed by atoms with Crippen molar-refractivity contribution < 1.29 is 23.5 Å². The molecule has 2 aromatic rings. The molecule has 0 bridgehead atoms. The Labute approximate surface area is 150 Å². The minimum Gasteiger partial charge on any atom is -0.494 e. The second-order valence-corrected chi connectivity index (χ2v) is 5.83. The molecule has 0 atom stereocenters. The maximum Gasteiger partial charge on any atom is 0.262 e. The number of hydrogen-bond acceptors (Lipinski definition) is 4. The zero-order valence-electron chi connectivity index (χ0n) is 14.3. The van der Waals surface area contributed by atoms with Gasteiger partial charge in [0, 0.05) is 24.7 Å². The van der Waals surface area contributed by atoms with Crippen LogP contribution in [-0.2, 0) is 9.59 Å². The second kappa shape index (κ2) is 7.86. The Hall–Kier alpha value is -3.09. The molecule has 0 spiro atoms. The predicted octanol–water partition coefficient (Wildman–Crippen LogP) is 2.98. The number of rotatable bonds is 6. The molecule has 0 radical (unpaired) electrons. The van der Waals surface area contributed by atoms with Crippen molar-refractivity contribution in [2.45, 2.75) is 12.8 Å². The molecule has 136 valence electrons. The van der Waals surface area contributed by atoms with E-state index in [4.69, 9.17) is 9.47 Å². The highest BCUT2D eigenvalue weighted by Crippen LogP contribution is 2.33. The first kappa shape index (κ1) is 17.7. The van der Waals surface area contributed by atoms with Crippen molar-refractivity contribution in [3.8, 4) is 11.5 Å². The summed E-state index contributed by atoms with van der Waals surface area (Å²) >= 11 is 0.